The molecule has 2 heterocycles. The fraction of sp³-hybridized carbons (Fsp3) is 0.250. The lowest BCUT2D eigenvalue weighted by Gasteiger charge is -2.12. The highest BCUT2D eigenvalue weighted by Gasteiger charge is 2.35. The molecule has 2 aromatic heterocycles. The van der Waals surface area contributed by atoms with Gasteiger partial charge in [-0.3, -0.25) is 0 Å². The minimum Gasteiger partial charge on any atom is -0.387 e. The van der Waals surface area contributed by atoms with Gasteiger partial charge in [0.1, 0.15) is 0 Å². The van der Waals surface area contributed by atoms with E-state index in [2.05, 4.69) is 14.7 Å². The number of benzene rings is 2. The Morgan fingerprint density at radius 1 is 0.974 bits per heavy atom. The molecule has 0 radical (unpaired) electrons. The summed E-state index contributed by atoms with van der Waals surface area (Å²) in [5.41, 5.74) is 0.942. The molecule has 0 spiro atoms. The first-order valence-electron chi connectivity index (χ1n) is 11.1. The molecule has 2 aromatic carbocycles. The van der Waals surface area contributed by atoms with Crippen molar-refractivity contribution < 1.29 is 44.6 Å². The number of aliphatic hydroxyl groups excluding tert-OH is 1. The normalized spacial score (nSPS) is 13.4. The van der Waals surface area contributed by atoms with Gasteiger partial charge in [0.15, 0.2) is 5.03 Å². The lowest BCUT2D eigenvalue weighted by molar-refractivity contribution is -0.276. The Balaban J connectivity index is 1.70. The van der Waals surface area contributed by atoms with Crippen LogP contribution in [0.25, 0.3) is 0 Å². The molecule has 0 saturated carbocycles. The van der Waals surface area contributed by atoms with Gasteiger partial charge in [0.2, 0.25) is 15.7 Å². The van der Waals surface area contributed by atoms with Crippen LogP contribution in [0.3, 0.4) is 0 Å². The van der Waals surface area contributed by atoms with Gasteiger partial charge in [-0.1, -0.05) is 30.3 Å². The van der Waals surface area contributed by atoms with Crippen molar-refractivity contribution in [1.82, 2.24) is 9.97 Å². The molecule has 0 bridgehead atoms. The van der Waals surface area contributed by atoms with Crippen LogP contribution in [0, 0.1) is 0 Å². The van der Waals surface area contributed by atoms with Gasteiger partial charge in [-0.25, -0.2) is 18.4 Å². The van der Waals surface area contributed by atoms with E-state index in [1.807, 2.05) is 12.1 Å². The Kier molecular flexibility index (Phi) is 8.35. The summed E-state index contributed by atoms with van der Waals surface area (Å²) < 4.78 is 108. The van der Waals surface area contributed by atoms with E-state index in [1.165, 1.54) is 0 Å². The van der Waals surface area contributed by atoms with E-state index in [1.54, 1.807) is 18.2 Å². The standard InChI is InChI=1S/C24H18F6N2O4S3/c25-23(26,27)15-7-9-16(10-8-15)39(34,35)22-20(17(33)11-6-14-4-2-1-3-5-14)38-19(32-22)12-18-21(31-13-37-18)36-24(28,29)30/h1-5,7-10,13,17,33H,6,11-12H2. The molecule has 1 unspecified atom stereocenters. The Morgan fingerprint density at radius 3 is 2.26 bits per heavy atom. The summed E-state index contributed by atoms with van der Waals surface area (Å²) in [5.74, 6) is -0.707. The van der Waals surface area contributed by atoms with Gasteiger partial charge in [-0.15, -0.1) is 35.8 Å². The van der Waals surface area contributed by atoms with Crippen LogP contribution < -0.4 is 4.74 Å². The molecule has 0 fully saturated rings. The molecule has 208 valence electrons. The Morgan fingerprint density at radius 2 is 1.64 bits per heavy atom. The van der Waals surface area contributed by atoms with Crippen molar-refractivity contribution in [1.29, 1.82) is 0 Å². The molecule has 6 nitrogen and oxygen atoms in total. The topological polar surface area (TPSA) is 89.4 Å². The molecule has 15 heteroatoms. The fourth-order valence-electron chi connectivity index (χ4n) is 3.56. The van der Waals surface area contributed by atoms with Crippen LogP contribution in [0.4, 0.5) is 26.3 Å². The third kappa shape index (κ3) is 7.15. The van der Waals surface area contributed by atoms with Crippen molar-refractivity contribution in [3.05, 3.63) is 86.0 Å². The van der Waals surface area contributed by atoms with Crippen molar-refractivity contribution >= 4 is 32.5 Å². The molecule has 0 saturated heterocycles. The molecule has 0 aliphatic heterocycles. The Labute approximate surface area is 226 Å². The maximum absolute atomic E-state index is 13.4. The van der Waals surface area contributed by atoms with Gasteiger partial charge in [0, 0.05) is 6.42 Å². The summed E-state index contributed by atoms with van der Waals surface area (Å²) in [6.07, 6.45) is -10.8. The largest absolute Gasteiger partial charge is 0.574 e. The maximum Gasteiger partial charge on any atom is 0.574 e. The van der Waals surface area contributed by atoms with Crippen LogP contribution in [0.5, 0.6) is 5.88 Å². The van der Waals surface area contributed by atoms with Crippen LogP contribution in [-0.4, -0.2) is 29.9 Å². The number of aromatic nitrogens is 2. The molecule has 39 heavy (non-hydrogen) atoms. The summed E-state index contributed by atoms with van der Waals surface area (Å²) in [7, 11) is -4.51. The second-order valence-electron chi connectivity index (χ2n) is 8.15. The quantitative estimate of drug-likeness (QED) is 0.215. The van der Waals surface area contributed by atoms with Crippen LogP contribution >= 0.6 is 22.7 Å². The third-order valence-corrected chi connectivity index (χ3v) is 9.20. The van der Waals surface area contributed by atoms with Gasteiger partial charge in [0.05, 0.1) is 36.8 Å². The zero-order chi connectivity index (χ0) is 28.4. The highest BCUT2D eigenvalue weighted by molar-refractivity contribution is 7.91. The molecule has 0 aliphatic rings. The lowest BCUT2D eigenvalue weighted by Crippen LogP contribution is -2.18. The molecule has 0 aliphatic carbocycles. The van der Waals surface area contributed by atoms with Crippen molar-refractivity contribution in [3.63, 3.8) is 0 Å². The van der Waals surface area contributed by atoms with Crippen molar-refractivity contribution in [2.45, 2.75) is 47.8 Å². The molecule has 1 N–H and O–H groups in total. The number of thiazole rings is 2. The third-order valence-electron chi connectivity index (χ3n) is 5.39. The number of hydrogen-bond acceptors (Lipinski definition) is 8. The number of nitrogens with zero attached hydrogens (tertiary/aromatic N) is 2. The van der Waals surface area contributed by atoms with Gasteiger partial charge in [0.25, 0.3) is 0 Å². The van der Waals surface area contributed by atoms with Crippen molar-refractivity contribution in [2.75, 3.05) is 0 Å². The highest BCUT2D eigenvalue weighted by atomic mass is 32.2. The predicted molar refractivity (Wildman–Crippen MR) is 130 cm³/mol. The number of halogens is 6. The van der Waals surface area contributed by atoms with Crippen LogP contribution in [0.2, 0.25) is 0 Å². The average Bonchev–Trinajstić information content (AvgIpc) is 3.49. The first-order valence-corrected chi connectivity index (χ1v) is 14.2. The minimum atomic E-state index is -5.00. The van der Waals surface area contributed by atoms with Gasteiger partial charge < -0.3 is 9.84 Å². The zero-order valence-electron chi connectivity index (χ0n) is 19.5. The van der Waals surface area contributed by atoms with Crippen LogP contribution in [-0.2, 0) is 28.9 Å². The van der Waals surface area contributed by atoms with Gasteiger partial charge >= 0.3 is 12.5 Å². The number of alkyl halides is 6. The minimum absolute atomic E-state index is 0.0184. The highest BCUT2D eigenvalue weighted by Crippen LogP contribution is 2.38. The van der Waals surface area contributed by atoms with E-state index in [4.69, 9.17) is 0 Å². The number of rotatable bonds is 9. The first-order chi connectivity index (χ1) is 18.2. The van der Waals surface area contributed by atoms with Crippen molar-refractivity contribution in [3.8, 4) is 5.88 Å². The predicted octanol–water partition coefficient (Wildman–Crippen LogP) is 6.61. The van der Waals surface area contributed by atoms with E-state index < -0.39 is 49.8 Å². The SMILES string of the molecule is O=S(=O)(c1ccc(C(F)(F)F)cc1)c1nc(Cc2scnc2OC(F)(F)F)sc1C(O)CCc1ccccc1. The van der Waals surface area contributed by atoms with E-state index in [0.717, 1.165) is 45.9 Å². The lowest BCUT2D eigenvalue weighted by atomic mass is 10.1. The number of ether oxygens (including phenoxy) is 1. The first kappa shape index (κ1) is 29.0. The van der Waals surface area contributed by atoms with E-state index in [9.17, 15) is 39.9 Å². The van der Waals surface area contributed by atoms with Crippen LogP contribution in [0.1, 0.15) is 38.4 Å². The summed E-state index contributed by atoms with van der Waals surface area (Å²) >= 11 is 1.61. The Hall–Kier alpha value is -3.01. The van der Waals surface area contributed by atoms with E-state index in [0.29, 0.717) is 18.6 Å². The molecule has 4 rings (SSSR count). The fourth-order valence-corrected chi connectivity index (χ4v) is 7.20. The molecule has 4 aromatic rings. The number of sulfone groups is 1. The second-order valence-corrected chi connectivity index (χ2v) is 12.1. The summed E-state index contributed by atoms with van der Waals surface area (Å²) in [6, 6.07) is 11.8. The van der Waals surface area contributed by atoms with Crippen LogP contribution in [0.15, 0.2) is 70.0 Å². The summed E-state index contributed by atoms with van der Waals surface area (Å²) in [5, 5.41) is 10.4. The van der Waals surface area contributed by atoms with E-state index >= 15 is 0 Å². The zero-order valence-corrected chi connectivity index (χ0v) is 22.0. The smallest absolute Gasteiger partial charge is 0.387 e. The second kappa shape index (κ2) is 11.2. The maximum atomic E-state index is 13.4. The van der Waals surface area contributed by atoms with Gasteiger partial charge in [-0.2, -0.15) is 13.2 Å². The van der Waals surface area contributed by atoms with E-state index in [-0.39, 0.29) is 27.6 Å². The van der Waals surface area contributed by atoms with Crippen molar-refractivity contribution in [2.24, 2.45) is 0 Å². The Bertz CT molecular complexity index is 1520. The number of hydrogen-bond donors (Lipinski definition) is 1. The summed E-state index contributed by atoms with van der Waals surface area (Å²) in [6.45, 7) is 0. The number of aliphatic hydroxyl groups is 1. The average molecular weight is 609 g/mol. The summed E-state index contributed by atoms with van der Waals surface area (Å²) in [4.78, 5) is 7.11. The van der Waals surface area contributed by atoms with Gasteiger partial charge in [-0.05, 0) is 42.7 Å². The monoisotopic (exact) mass is 608 g/mol. The molecule has 0 amide bonds. The molecular formula is C24H18F6N2O4S3. The number of aryl methyl sites for hydroxylation is 1. The molecule has 1 atom stereocenters. The molecular weight excluding hydrogens is 590 g/mol.